The van der Waals surface area contributed by atoms with Gasteiger partial charge in [0.25, 0.3) is 0 Å². The summed E-state index contributed by atoms with van der Waals surface area (Å²) in [6.07, 6.45) is -0.225. The lowest BCUT2D eigenvalue weighted by atomic mass is 10.1. The third kappa shape index (κ3) is 9.37. The summed E-state index contributed by atoms with van der Waals surface area (Å²) in [6, 6.07) is 5.63. The van der Waals surface area contributed by atoms with Crippen molar-refractivity contribution in [3.63, 3.8) is 0 Å². The van der Waals surface area contributed by atoms with Crippen molar-refractivity contribution in [2.24, 2.45) is 5.73 Å². The minimum atomic E-state index is -1.21. The summed E-state index contributed by atoms with van der Waals surface area (Å²) >= 11 is 3.62. The minimum absolute atomic E-state index is 0.0695. The fourth-order valence-electron chi connectivity index (χ4n) is 2.05. The van der Waals surface area contributed by atoms with E-state index in [9.17, 15) is 19.2 Å². The lowest BCUT2D eigenvalue weighted by molar-refractivity contribution is -0.139. The standard InChI is InChI=1S/C17H22IN3O6S/c18-11-4-2-1-3-10(11)8-28-9-13(16(25)20-7-15(23)24)21-14(22)6-5-12(19)17(26)27/h1-4,12-13H,5-9,19H2,(H,20,25)(H,21,22)(H,23,24)(H,26,27)/t12-,13+/m0/s1. The molecule has 0 saturated heterocycles. The molecule has 1 rings (SSSR count). The molecule has 0 fully saturated rings. The third-order valence-corrected chi connectivity index (χ3v) is 5.70. The van der Waals surface area contributed by atoms with E-state index < -0.39 is 42.4 Å². The molecule has 0 aliphatic heterocycles. The molecule has 0 radical (unpaired) electrons. The molecule has 0 unspecified atom stereocenters. The van der Waals surface area contributed by atoms with Gasteiger partial charge in [0, 0.05) is 21.5 Å². The van der Waals surface area contributed by atoms with E-state index in [4.69, 9.17) is 15.9 Å². The molecule has 28 heavy (non-hydrogen) atoms. The van der Waals surface area contributed by atoms with Gasteiger partial charge in [0.1, 0.15) is 18.6 Å². The highest BCUT2D eigenvalue weighted by Crippen LogP contribution is 2.19. The van der Waals surface area contributed by atoms with Crippen LogP contribution in [0.15, 0.2) is 24.3 Å². The molecule has 1 aromatic carbocycles. The molecule has 0 bridgehead atoms. The number of carboxylic acids is 2. The Kier molecular flexibility index (Phi) is 10.9. The van der Waals surface area contributed by atoms with Crippen LogP contribution in [-0.4, -0.2) is 58.3 Å². The van der Waals surface area contributed by atoms with Crippen LogP contribution in [0.4, 0.5) is 0 Å². The van der Waals surface area contributed by atoms with E-state index in [0.717, 1.165) is 9.13 Å². The van der Waals surface area contributed by atoms with Crippen molar-refractivity contribution in [2.45, 2.75) is 30.7 Å². The molecular formula is C17H22IN3O6S. The van der Waals surface area contributed by atoms with Gasteiger partial charge in [-0.3, -0.25) is 19.2 Å². The normalized spacial score (nSPS) is 12.6. The summed E-state index contributed by atoms with van der Waals surface area (Å²) in [5.41, 5.74) is 6.45. The molecule has 2 atom stereocenters. The van der Waals surface area contributed by atoms with Crippen molar-refractivity contribution in [2.75, 3.05) is 12.3 Å². The number of hydrogen-bond acceptors (Lipinski definition) is 6. The van der Waals surface area contributed by atoms with Crippen molar-refractivity contribution in [1.29, 1.82) is 0 Å². The highest BCUT2D eigenvalue weighted by molar-refractivity contribution is 14.1. The number of aliphatic carboxylic acids is 2. The molecule has 0 heterocycles. The summed E-state index contributed by atoms with van der Waals surface area (Å²) in [5.74, 6) is -2.71. The van der Waals surface area contributed by atoms with E-state index in [1.165, 1.54) is 11.8 Å². The van der Waals surface area contributed by atoms with E-state index in [1.807, 2.05) is 24.3 Å². The van der Waals surface area contributed by atoms with Crippen LogP contribution in [0.5, 0.6) is 0 Å². The highest BCUT2D eigenvalue weighted by Gasteiger charge is 2.22. The van der Waals surface area contributed by atoms with Gasteiger partial charge in [-0.15, -0.1) is 0 Å². The molecule has 0 spiro atoms. The van der Waals surface area contributed by atoms with Crippen LogP contribution in [0.25, 0.3) is 0 Å². The van der Waals surface area contributed by atoms with Crippen LogP contribution >= 0.6 is 34.4 Å². The van der Waals surface area contributed by atoms with Gasteiger partial charge in [0.05, 0.1) is 0 Å². The van der Waals surface area contributed by atoms with Crippen LogP contribution < -0.4 is 16.4 Å². The Labute approximate surface area is 180 Å². The maximum Gasteiger partial charge on any atom is 0.322 e. The second-order valence-corrected chi connectivity index (χ2v) is 8.01. The minimum Gasteiger partial charge on any atom is -0.480 e. The summed E-state index contributed by atoms with van der Waals surface area (Å²) < 4.78 is 1.08. The van der Waals surface area contributed by atoms with E-state index in [-0.39, 0.29) is 18.6 Å². The zero-order valence-electron chi connectivity index (χ0n) is 14.9. The number of nitrogens with two attached hydrogens (primary N) is 1. The number of carbonyl (C=O) groups excluding carboxylic acids is 2. The van der Waals surface area contributed by atoms with Crippen LogP contribution in [-0.2, 0) is 24.9 Å². The molecule has 0 saturated carbocycles. The first kappa shape index (κ1) is 24.2. The molecule has 0 aromatic heterocycles. The van der Waals surface area contributed by atoms with Gasteiger partial charge in [-0.05, 0) is 40.6 Å². The lowest BCUT2D eigenvalue weighted by Gasteiger charge is -2.18. The van der Waals surface area contributed by atoms with Gasteiger partial charge in [-0.1, -0.05) is 18.2 Å². The zero-order valence-corrected chi connectivity index (χ0v) is 17.9. The second kappa shape index (κ2) is 12.6. The SMILES string of the molecule is N[C@@H](CCC(=O)N[C@H](CSCc1ccccc1I)C(=O)NCC(=O)O)C(=O)O. The maximum absolute atomic E-state index is 12.2. The fourth-order valence-corrected chi connectivity index (χ4v) is 3.94. The van der Waals surface area contributed by atoms with E-state index in [0.29, 0.717) is 5.75 Å². The number of hydrogen-bond donors (Lipinski definition) is 5. The molecule has 154 valence electrons. The van der Waals surface area contributed by atoms with E-state index in [1.54, 1.807) is 0 Å². The number of benzene rings is 1. The summed E-state index contributed by atoms with van der Waals surface area (Å²) in [5, 5.41) is 22.2. The number of rotatable bonds is 12. The van der Waals surface area contributed by atoms with E-state index >= 15 is 0 Å². The highest BCUT2D eigenvalue weighted by atomic mass is 127. The van der Waals surface area contributed by atoms with Gasteiger partial charge in [-0.2, -0.15) is 11.8 Å². The molecule has 11 heteroatoms. The van der Waals surface area contributed by atoms with Crippen LogP contribution in [0, 0.1) is 3.57 Å². The third-order valence-electron chi connectivity index (χ3n) is 3.57. The predicted octanol–water partition coefficient (Wildman–Crippen LogP) is 0.402. The Bertz CT molecular complexity index is 718. The van der Waals surface area contributed by atoms with Crippen LogP contribution in [0.1, 0.15) is 18.4 Å². The molecule has 1 aromatic rings. The topological polar surface area (TPSA) is 159 Å². The Morgan fingerprint density at radius 3 is 2.46 bits per heavy atom. The Morgan fingerprint density at radius 2 is 1.86 bits per heavy atom. The van der Waals surface area contributed by atoms with E-state index in [2.05, 4.69) is 33.2 Å². The summed E-state index contributed by atoms with van der Waals surface area (Å²) in [7, 11) is 0. The quantitative estimate of drug-likeness (QED) is 0.246. The maximum atomic E-state index is 12.2. The first-order valence-electron chi connectivity index (χ1n) is 8.29. The average Bonchev–Trinajstić information content (AvgIpc) is 2.64. The lowest BCUT2D eigenvalue weighted by Crippen LogP contribution is -2.49. The van der Waals surface area contributed by atoms with Gasteiger partial charge >= 0.3 is 11.9 Å². The molecule has 9 nitrogen and oxygen atoms in total. The van der Waals surface area contributed by atoms with Crippen molar-refractivity contribution in [1.82, 2.24) is 10.6 Å². The van der Waals surface area contributed by atoms with Gasteiger partial charge in [0.15, 0.2) is 0 Å². The summed E-state index contributed by atoms with van der Waals surface area (Å²) in [6.45, 7) is -0.559. The molecular weight excluding hydrogens is 501 g/mol. The zero-order chi connectivity index (χ0) is 21.1. The summed E-state index contributed by atoms with van der Waals surface area (Å²) in [4.78, 5) is 45.6. The molecule has 6 N–H and O–H groups in total. The number of carbonyl (C=O) groups is 4. The van der Waals surface area contributed by atoms with Crippen molar-refractivity contribution >= 4 is 58.1 Å². The Morgan fingerprint density at radius 1 is 1.18 bits per heavy atom. The van der Waals surface area contributed by atoms with Crippen molar-refractivity contribution in [3.05, 3.63) is 33.4 Å². The smallest absolute Gasteiger partial charge is 0.322 e. The largest absolute Gasteiger partial charge is 0.480 e. The Balaban J connectivity index is 2.63. The van der Waals surface area contributed by atoms with Crippen LogP contribution in [0.2, 0.25) is 0 Å². The van der Waals surface area contributed by atoms with Crippen LogP contribution in [0.3, 0.4) is 0 Å². The predicted molar refractivity (Wildman–Crippen MR) is 113 cm³/mol. The monoisotopic (exact) mass is 523 g/mol. The Hall–Kier alpha value is -1.86. The number of amides is 2. The number of carboxylic acid groups (broad SMARTS) is 2. The number of halogens is 1. The first-order chi connectivity index (χ1) is 13.2. The molecule has 0 aliphatic carbocycles. The van der Waals surface area contributed by atoms with Crippen molar-refractivity contribution < 1.29 is 29.4 Å². The average molecular weight is 523 g/mol. The first-order valence-corrected chi connectivity index (χ1v) is 10.5. The molecule has 0 aliphatic rings. The van der Waals surface area contributed by atoms with Gasteiger partial charge in [-0.25, -0.2) is 0 Å². The number of thioether (sulfide) groups is 1. The second-order valence-electron chi connectivity index (χ2n) is 5.82. The van der Waals surface area contributed by atoms with Gasteiger partial charge < -0.3 is 26.6 Å². The van der Waals surface area contributed by atoms with Crippen molar-refractivity contribution in [3.8, 4) is 0 Å². The number of nitrogens with one attached hydrogen (secondary N) is 2. The van der Waals surface area contributed by atoms with Gasteiger partial charge in [0.2, 0.25) is 11.8 Å². The fraction of sp³-hybridized carbons (Fsp3) is 0.412. The molecule has 2 amide bonds.